The average molecular weight is 440 g/mol. The van der Waals surface area contributed by atoms with E-state index in [1.165, 1.54) is 0 Å². The molecule has 0 fully saturated rings. The molecule has 0 amide bonds. The third kappa shape index (κ3) is 11.4. The SMILES string of the molecule is CCO[Si-](CCCN(C)CCC[Si-](OCC)(OCC)OCC)(OCC)OCC. The Labute approximate surface area is 175 Å². The molecule has 0 aliphatic heterocycles. The molecule has 0 aromatic carbocycles. The zero-order chi connectivity index (χ0) is 21.3. The van der Waals surface area contributed by atoms with E-state index in [0.29, 0.717) is 39.6 Å². The highest BCUT2D eigenvalue weighted by Crippen LogP contribution is 2.20. The first-order chi connectivity index (χ1) is 13.5. The Balaban J connectivity index is 4.46. The van der Waals surface area contributed by atoms with Crippen molar-refractivity contribution < 1.29 is 26.6 Å². The van der Waals surface area contributed by atoms with Crippen LogP contribution in [0.25, 0.3) is 0 Å². The fraction of sp³-hybridized carbons (Fsp3) is 1.00. The molecular weight excluding hydrogens is 394 g/mol. The van der Waals surface area contributed by atoms with Crippen LogP contribution in [-0.2, 0) is 26.6 Å². The number of nitrogens with zero attached hydrogens (tertiary/aromatic N) is 1. The summed E-state index contributed by atoms with van der Waals surface area (Å²) in [5, 5.41) is 0. The standard InChI is InChI=1S/C19H45NO6Si2/c1-8-21-27(22-9-2,23-10-3)18-14-16-20(7)17-15-19-28(24-11-4,25-12-5)26-13-6/h8-19H2,1-7H3/q-2. The van der Waals surface area contributed by atoms with Crippen molar-refractivity contribution in [1.82, 2.24) is 4.90 Å². The minimum atomic E-state index is -2.54. The summed E-state index contributed by atoms with van der Waals surface area (Å²) in [7, 11) is -2.92. The highest BCUT2D eigenvalue weighted by Gasteiger charge is 2.26. The van der Waals surface area contributed by atoms with Crippen LogP contribution in [0.5, 0.6) is 0 Å². The van der Waals surface area contributed by atoms with Crippen molar-refractivity contribution in [2.45, 2.75) is 66.5 Å². The summed E-state index contributed by atoms with van der Waals surface area (Å²) >= 11 is 0. The van der Waals surface area contributed by atoms with Crippen molar-refractivity contribution in [3.8, 4) is 0 Å². The molecule has 0 rings (SSSR count). The lowest BCUT2D eigenvalue weighted by Gasteiger charge is -2.43. The Bertz CT molecular complexity index is 299. The van der Waals surface area contributed by atoms with Gasteiger partial charge in [0.15, 0.2) is 0 Å². The quantitative estimate of drug-likeness (QED) is 0.267. The maximum Gasteiger partial charge on any atom is 0.281 e. The molecule has 0 N–H and O–H groups in total. The van der Waals surface area contributed by atoms with E-state index in [1.807, 2.05) is 41.5 Å². The molecule has 0 aromatic rings. The second kappa shape index (κ2) is 16.9. The van der Waals surface area contributed by atoms with Gasteiger partial charge in [-0.3, -0.25) is 0 Å². The van der Waals surface area contributed by atoms with Crippen LogP contribution in [0.15, 0.2) is 0 Å². The van der Waals surface area contributed by atoms with Crippen LogP contribution in [-0.4, -0.2) is 82.3 Å². The summed E-state index contributed by atoms with van der Waals surface area (Å²) in [4.78, 5) is 2.34. The van der Waals surface area contributed by atoms with Gasteiger partial charge in [0, 0.05) is 39.6 Å². The molecular formula is C19H45NO6Si2-2. The number of rotatable bonds is 20. The van der Waals surface area contributed by atoms with E-state index >= 15 is 0 Å². The maximum atomic E-state index is 5.93. The lowest BCUT2D eigenvalue weighted by molar-refractivity contribution is 0.0698. The van der Waals surface area contributed by atoms with Gasteiger partial charge in [-0.25, -0.2) is 0 Å². The van der Waals surface area contributed by atoms with E-state index in [4.69, 9.17) is 26.6 Å². The Kier molecular flexibility index (Phi) is 17.0. The van der Waals surface area contributed by atoms with Crippen LogP contribution in [0, 0.1) is 0 Å². The third-order valence-corrected chi connectivity index (χ3v) is 10.5. The minimum absolute atomic E-state index is 0.626. The summed E-state index contributed by atoms with van der Waals surface area (Å²) in [6.07, 6.45) is 1.99. The van der Waals surface area contributed by atoms with Crippen LogP contribution in [0.3, 0.4) is 0 Å². The van der Waals surface area contributed by atoms with Gasteiger partial charge in [0.1, 0.15) is 0 Å². The number of hydrogen-bond donors (Lipinski definition) is 0. The molecule has 7 nitrogen and oxygen atoms in total. The smallest absolute Gasteiger partial charge is 0.281 e. The second-order valence-corrected chi connectivity index (χ2v) is 11.9. The predicted octanol–water partition coefficient (Wildman–Crippen LogP) is 3.80. The van der Waals surface area contributed by atoms with Gasteiger partial charge >= 0.3 is 0 Å². The average Bonchev–Trinajstić information content (AvgIpc) is 2.63. The Hall–Kier alpha value is 0.154. The molecule has 0 saturated heterocycles. The zero-order valence-electron chi connectivity index (χ0n) is 19.4. The molecule has 0 radical (unpaired) electrons. The van der Waals surface area contributed by atoms with E-state index in [-0.39, 0.29) is 0 Å². The maximum absolute atomic E-state index is 5.93. The van der Waals surface area contributed by atoms with Crippen LogP contribution in [0.4, 0.5) is 0 Å². The van der Waals surface area contributed by atoms with Gasteiger partial charge in [0.05, 0.1) is 0 Å². The molecule has 172 valence electrons. The monoisotopic (exact) mass is 439 g/mol. The largest absolute Gasteiger partial charge is 0.525 e. The van der Waals surface area contributed by atoms with Crippen molar-refractivity contribution >= 4 is 17.6 Å². The number of hydrogen-bond acceptors (Lipinski definition) is 7. The summed E-state index contributed by atoms with van der Waals surface area (Å²) in [6.45, 7) is 17.7. The van der Waals surface area contributed by atoms with Gasteiger partial charge in [-0.05, 0) is 61.7 Å². The molecule has 0 aromatic heterocycles. The lowest BCUT2D eigenvalue weighted by Crippen LogP contribution is -2.47. The van der Waals surface area contributed by atoms with Gasteiger partial charge in [-0.1, -0.05) is 24.9 Å². The molecule has 0 aliphatic rings. The third-order valence-electron chi connectivity index (χ3n) is 4.23. The summed E-state index contributed by atoms with van der Waals surface area (Å²) in [5.41, 5.74) is 0. The minimum Gasteiger partial charge on any atom is -0.525 e. The van der Waals surface area contributed by atoms with Crippen LogP contribution in [0.1, 0.15) is 54.4 Å². The van der Waals surface area contributed by atoms with E-state index < -0.39 is 17.6 Å². The first-order valence-electron chi connectivity index (χ1n) is 11.0. The normalized spacial score (nSPS) is 12.9. The molecule has 28 heavy (non-hydrogen) atoms. The fourth-order valence-electron chi connectivity index (χ4n) is 3.25. The molecule has 0 spiro atoms. The fourth-order valence-corrected chi connectivity index (χ4v) is 8.43. The Morgan fingerprint density at radius 1 is 0.500 bits per heavy atom. The van der Waals surface area contributed by atoms with Crippen molar-refractivity contribution in [3.05, 3.63) is 0 Å². The van der Waals surface area contributed by atoms with Crippen LogP contribution >= 0.6 is 0 Å². The van der Waals surface area contributed by atoms with Crippen molar-refractivity contribution in [2.75, 3.05) is 59.8 Å². The predicted molar refractivity (Wildman–Crippen MR) is 118 cm³/mol. The van der Waals surface area contributed by atoms with Gasteiger partial charge in [0.25, 0.3) is 17.6 Å². The Morgan fingerprint density at radius 2 is 0.750 bits per heavy atom. The first kappa shape index (κ1) is 28.2. The zero-order valence-corrected chi connectivity index (χ0v) is 21.4. The second-order valence-electron chi connectivity index (χ2n) is 6.47. The van der Waals surface area contributed by atoms with E-state index in [2.05, 4.69) is 11.9 Å². The van der Waals surface area contributed by atoms with E-state index in [0.717, 1.165) is 38.0 Å². The summed E-state index contributed by atoms with van der Waals surface area (Å²) < 4.78 is 35.6. The Morgan fingerprint density at radius 3 is 0.964 bits per heavy atom. The molecule has 0 bridgehead atoms. The highest BCUT2D eigenvalue weighted by atomic mass is 28.4. The molecule has 9 heteroatoms. The van der Waals surface area contributed by atoms with Gasteiger partial charge in [-0.2, -0.15) is 0 Å². The van der Waals surface area contributed by atoms with Crippen LogP contribution in [0.2, 0.25) is 12.1 Å². The van der Waals surface area contributed by atoms with Crippen molar-refractivity contribution in [2.24, 2.45) is 0 Å². The van der Waals surface area contributed by atoms with Crippen molar-refractivity contribution in [3.63, 3.8) is 0 Å². The first-order valence-corrected chi connectivity index (χ1v) is 14.8. The molecule has 0 atom stereocenters. The topological polar surface area (TPSA) is 58.6 Å². The van der Waals surface area contributed by atoms with Gasteiger partial charge in [0.2, 0.25) is 0 Å². The van der Waals surface area contributed by atoms with E-state index in [1.54, 1.807) is 0 Å². The van der Waals surface area contributed by atoms with Crippen LogP contribution < -0.4 is 0 Å². The highest BCUT2D eigenvalue weighted by molar-refractivity contribution is 6.61. The summed E-state index contributed by atoms with van der Waals surface area (Å²) in [6, 6.07) is 1.70. The van der Waals surface area contributed by atoms with E-state index in [9.17, 15) is 0 Å². The van der Waals surface area contributed by atoms with Gasteiger partial charge in [-0.15, -0.1) is 0 Å². The summed E-state index contributed by atoms with van der Waals surface area (Å²) in [5.74, 6) is 0. The molecule has 0 unspecified atom stereocenters. The molecule has 0 aliphatic carbocycles. The molecule has 0 saturated carbocycles. The van der Waals surface area contributed by atoms with Crippen molar-refractivity contribution in [1.29, 1.82) is 0 Å². The molecule has 0 heterocycles. The lowest BCUT2D eigenvalue weighted by atomic mass is 10.4. The van der Waals surface area contributed by atoms with Gasteiger partial charge < -0.3 is 31.5 Å².